The molecule has 0 atom stereocenters. The number of hydrogen-bond donors (Lipinski definition) is 0. The van der Waals surface area contributed by atoms with E-state index in [1.807, 2.05) is 12.1 Å². The lowest BCUT2D eigenvalue weighted by atomic mass is 10.2. The second-order valence-corrected chi connectivity index (χ2v) is 4.59. The number of benzene rings is 1. The minimum Gasteiger partial charge on any atom is -0.619 e. The Morgan fingerprint density at radius 3 is 2.59 bits per heavy atom. The maximum absolute atomic E-state index is 12.0. The average molecular weight is 297 g/mol. The standard InChI is InChI=1S/C16H11NO5/c18-13(15-9-12-3-1-2-4-14(12)22-15)10-21-16(19)11-5-7-17(20)8-6-11/h1-9H,10H2. The predicted octanol–water partition coefficient (Wildman–Crippen LogP) is 2.11. The Labute approximate surface area is 125 Å². The average Bonchev–Trinajstić information content (AvgIpc) is 2.97. The molecule has 0 bridgehead atoms. The van der Waals surface area contributed by atoms with Gasteiger partial charge in [0.05, 0.1) is 5.56 Å². The molecule has 0 N–H and O–H groups in total. The number of nitrogens with zero attached hydrogens (tertiary/aromatic N) is 1. The zero-order valence-electron chi connectivity index (χ0n) is 11.4. The molecule has 0 aliphatic carbocycles. The summed E-state index contributed by atoms with van der Waals surface area (Å²) in [5.41, 5.74) is 0.796. The van der Waals surface area contributed by atoms with Crippen molar-refractivity contribution in [1.82, 2.24) is 0 Å². The van der Waals surface area contributed by atoms with E-state index in [0.717, 1.165) is 5.39 Å². The van der Waals surface area contributed by atoms with E-state index in [1.165, 1.54) is 24.5 Å². The van der Waals surface area contributed by atoms with Crippen LogP contribution in [0.2, 0.25) is 0 Å². The molecule has 0 fully saturated rings. The molecule has 110 valence electrons. The van der Waals surface area contributed by atoms with Gasteiger partial charge in [-0.1, -0.05) is 18.2 Å². The van der Waals surface area contributed by atoms with Crippen LogP contribution >= 0.6 is 0 Å². The highest BCUT2D eigenvalue weighted by atomic mass is 16.5. The van der Waals surface area contributed by atoms with Crippen molar-refractivity contribution in [2.75, 3.05) is 6.61 Å². The molecule has 0 unspecified atom stereocenters. The number of furan rings is 1. The van der Waals surface area contributed by atoms with Gasteiger partial charge in [0.1, 0.15) is 5.58 Å². The summed E-state index contributed by atoms with van der Waals surface area (Å²) in [5, 5.41) is 11.7. The monoisotopic (exact) mass is 297 g/mol. The molecule has 2 aromatic heterocycles. The van der Waals surface area contributed by atoms with Crippen LogP contribution in [0.25, 0.3) is 11.0 Å². The smallest absolute Gasteiger partial charge is 0.339 e. The zero-order chi connectivity index (χ0) is 15.5. The molecule has 3 rings (SSSR count). The number of aromatic nitrogens is 1. The van der Waals surface area contributed by atoms with Gasteiger partial charge in [-0.3, -0.25) is 4.79 Å². The Morgan fingerprint density at radius 1 is 1.14 bits per heavy atom. The van der Waals surface area contributed by atoms with E-state index in [9.17, 15) is 14.8 Å². The van der Waals surface area contributed by atoms with Gasteiger partial charge in [-0.25, -0.2) is 4.79 Å². The third-order valence-corrected chi connectivity index (χ3v) is 3.07. The topological polar surface area (TPSA) is 83.5 Å². The number of ether oxygens (including phenoxy) is 1. The summed E-state index contributed by atoms with van der Waals surface area (Å²) >= 11 is 0. The van der Waals surface area contributed by atoms with Crippen molar-refractivity contribution in [1.29, 1.82) is 0 Å². The van der Waals surface area contributed by atoms with Crippen LogP contribution in [0.5, 0.6) is 0 Å². The predicted molar refractivity (Wildman–Crippen MR) is 76.2 cm³/mol. The minimum absolute atomic E-state index is 0.138. The number of rotatable bonds is 4. The Balaban J connectivity index is 1.66. The summed E-state index contributed by atoms with van der Waals surface area (Å²) in [7, 11) is 0. The Morgan fingerprint density at radius 2 is 1.86 bits per heavy atom. The summed E-state index contributed by atoms with van der Waals surface area (Å²) in [4.78, 5) is 23.7. The van der Waals surface area contributed by atoms with E-state index in [1.54, 1.807) is 18.2 Å². The molecule has 0 saturated carbocycles. The van der Waals surface area contributed by atoms with E-state index >= 15 is 0 Å². The summed E-state index contributed by atoms with van der Waals surface area (Å²) in [6, 6.07) is 11.5. The second kappa shape index (κ2) is 5.69. The molecule has 22 heavy (non-hydrogen) atoms. The van der Waals surface area contributed by atoms with Crippen molar-refractivity contribution >= 4 is 22.7 Å². The third kappa shape index (κ3) is 2.80. The number of carbonyl (C=O) groups is 2. The molecule has 1 aromatic carbocycles. The van der Waals surface area contributed by atoms with Crippen LogP contribution in [0.1, 0.15) is 20.9 Å². The van der Waals surface area contributed by atoms with Crippen LogP contribution in [-0.4, -0.2) is 18.4 Å². The van der Waals surface area contributed by atoms with Crippen molar-refractivity contribution in [2.45, 2.75) is 0 Å². The summed E-state index contributed by atoms with van der Waals surface area (Å²) < 4.78 is 10.9. The maximum Gasteiger partial charge on any atom is 0.339 e. The second-order valence-electron chi connectivity index (χ2n) is 4.59. The highest BCUT2D eigenvalue weighted by Gasteiger charge is 2.16. The van der Waals surface area contributed by atoms with Crippen molar-refractivity contribution < 1.29 is 23.5 Å². The molecular formula is C16H11NO5. The first-order valence-corrected chi connectivity index (χ1v) is 6.51. The minimum atomic E-state index is -0.676. The number of ketones is 1. The summed E-state index contributed by atoms with van der Waals surface area (Å²) in [6.45, 7) is -0.426. The lowest BCUT2D eigenvalue weighted by Gasteiger charge is -2.02. The lowest BCUT2D eigenvalue weighted by Crippen LogP contribution is -2.24. The van der Waals surface area contributed by atoms with Gasteiger partial charge < -0.3 is 14.4 Å². The molecular weight excluding hydrogens is 286 g/mol. The van der Waals surface area contributed by atoms with E-state index in [0.29, 0.717) is 10.3 Å². The van der Waals surface area contributed by atoms with Crippen LogP contribution in [-0.2, 0) is 4.74 Å². The number of pyridine rings is 1. The zero-order valence-corrected chi connectivity index (χ0v) is 11.4. The first-order valence-electron chi connectivity index (χ1n) is 6.51. The SMILES string of the molecule is O=C(OCC(=O)c1cc2ccccc2o1)c1cc[n+]([O-])cc1. The first-order chi connectivity index (χ1) is 10.6. The van der Waals surface area contributed by atoms with Gasteiger partial charge in [-0.05, 0) is 12.1 Å². The van der Waals surface area contributed by atoms with Crippen LogP contribution in [0, 0.1) is 5.21 Å². The van der Waals surface area contributed by atoms with Gasteiger partial charge in [0, 0.05) is 17.5 Å². The summed E-state index contributed by atoms with van der Waals surface area (Å²) in [5.74, 6) is -0.969. The Kier molecular flexibility index (Phi) is 3.57. The van der Waals surface area contributed by atoms with Crippen molar-refractivity contribution in [3.8, 4) is 0 Å². The molecule has 0 spiro atoms. The van der Waals surface area contributed by atoms with Gasteiger partial charge >= 0.3 is 5.97 Å². The number of hydrogen-bond acceptors (Lipinski definition) is 5. The van der Waals surface area contributed by atoms with Gasteiger partial charge in [0.2, 0.25) is 5.78 Å². The molecule has 6 nitrogen and oxygen atoms in total. The normalized spacial score (nSPS) is 10.5. The number of fused-ring (bicyclic) bond motifs is 1. The van der Waals surface area contributed by atoms with E-state index < -0.39 is 18.4 Å². The number of carbonyl (C=O) groups excluding carboxylic acids is 2. The molecule has 0 radical (unpaired) electrons. The molecule has 0 aliphatic heterocycles. The fourth-order valence-electron chi connectivity index (χ4n) is 1.95. The number of Topliss-reactive ketones (excluding diaryl/α,β-unsaturated/α-hetero) is 1. The molecule has 0 amide bonds. The molecule has 3 aromatic rings. The van der Waals surface area contributed by atoms with Crippen molar-refractivity contribution in [3.63, 3.8) is 0 Å². The van der Waals surface area contributed by atoms with Gasteiger partial charge in [0.15, 0.2) is 24.8 Å². The van der Waals surface area contributed by atoms with Gasteiger partial charge in [-0.15, -0.1) is 0 Å². The van der Waals surface area contributed by atoms with E-state index in [2.05, 4.69) is 0 Å². The van der Waals surface area contributed by atoms with E-state index in [-0.39, 0.29) is 11.3 Å². The first kappa shape index (κ1) is 13.8. The molecule has 2 heterocycles. The van der Waals surface area contributed by atoms with Gasteiger partial charge in [0.25, 0.3) is 0 Å². The van der Waals surface area contributed by atoms with Gasteiger partial charge in [-0.2, -0.15) is 4.73 Å². The van der Waals surface area contributed by atoms with Crippen LogP contribution in [0.4, 0.5) is 0 Å². The number of para-hydroxylation sites is 1. The highest BCUT2D eigenvalue weighted by Crippen LogP contribution is 2.19. The fourth-order valence-corrected chi connectivity index (χ4v) is 1.95. The van der Waals surface area contributed by atoms with Crippen LogP contribution in [0.3, 0.4) is 0 Å². The van der Waals surface area contributed by atoms with Crippen LogP contribution < -0.4 is 4.73 Å². The van der Waals surface area contributed by atoms with Crippen molar-refractivity contribution in [3.05, 3.63) is 71.4 Å². The molecule has 0 aliphatic rings. The Hall–Kier alpha value is -3.15. The largest absolute Gasteiger partial charge is 0.619 e. The third-order valence-electron chi connectivity index (χ3n) is 3.07. The molecule has 0 saturated heterocycles. The fraction of sp³-hybridized carbons (Fsp3) is 0.0625. The Bertz CT molecular complexity index is 802. The summed E-state index contributed by atoms with van der Waals surface area (Å²) in [6.07, 6.45) is 2.36. The van der Waals surface area contributed by atoms with Crippen LogP contribution in [0.15, 0.2) is 59.3 Å². The molecule has 6 heteroatoms. The van der Waals surface area contributed by atoms with E-state index in [4.69, 9.17) is 9.15 Å². The van der Waals surface area contributed by atoms with Crippen molar-refractivity contribution in [2.24, 2.45) is 0 Å². The number of esters is 1. The lowest BCUT2D eigenvalue weighted by molar-refractivity contribution is -0.605. The quantitative estimate of drug-likeness (QED) is 0.319. The highest BCUT2D eigenvalue weighted by molar-refractivity contribution is 6.00. The maximum atomic E-state index is 12.0.